The molecule has 0 rings (SSSR count). The maximum atomic E-state index is 11.8. The van der Waals surface area contributed by atoms with Crippen LogP contribution in [0.1, 0.15) is 6.42 Å². The Bertz CT molecular complexity index is 121. The molecule has 0 aromatic rings. The van der Waals surface area contributed by atoms with Crippen molar-refractivity contribution >= 4 is 0 Å². The quantitative estimate of drug-likeness (QED) is 0.640. The molecule has 0 bridgehead atoms. The van der Waals surface area contributed by atoms with Gasteiger partial charge in [-0.1, -0.05) is 0 Å². The van der Waals surface area contributed by atoms with E-state index in [2.05, 4.69) is 0 Å². The van der Waals surface area contributed by atoms with Crippen LogP contribution in [0.25, 0.3) is 0 Å². The van der Waals surface area contributed by atoms with Crippen molar-refractivity contribution in [1.29, 1.82) is 0 Å². The van der Waals surface area contributed by atoms with E-state index in [1.54, 1.807) is 4.90 Å². The third-order valence-electron chi connectivity index (χ3n) is 1.60. The highest BCUT2D eigenvalue weighted by Gasteiger charge is 2.27. The molecule has 0 atom stereocenters. The summed E-state index contributed by atoms with van der Waals surface area (Å²) >= 11 is 0. The molecule has 0 amide bonds. The predicted molar refractivity (Wildman–Crippen MR) is 45.2 cm³/mol. The van der Waals surface area contributed by atoms with Gasteiger partial charge in [0.2, 0.25) is 0 Å². The second-order valence-corrected chi connectivity index (χ2v) is 2.78. The highest BCUT2D eigenvalue weighted by Crippen LogP contribution is 2.19. The SMILES string of the molecule is NCCN(CCN)CCC(F)(F)F. The Balaban J connectivity index is 3.68. The molecule has 0 heterocycles. The number of halogens is 3. The lowest BCUT2D eigenvalue weighted by Gasteiger charge is -2.21. The fourth-order valence-electron chi connectivity index (χ4n) is 0.985. The molecular weight excluding hydrogens is 183 g/mol. The number of hydrogen-bond acceptors (Lipinski definition) is 3. The van der Waals surface area contributed by atoms with Crippen molar-refractivity contribution in [3.63, 3.8) is 0 Å². The van der Waals surface area contributed by atoms with Gasteiger partial charge in [-0.15, -0.1) is 0 Å². The largest absolute Gasteiger partial charge is 0.390 e. The van der Waals surface area contributed by atoms with Crippen molar-refractivity contribution < 1.29 is 13.2 Å². The molecule has 0 aromatic carbocycles. The van der Waals surface area contributed by atoms with E-state index < -0.39 is 12.6 Å². The summed E-state index contributed by atoms with van der Waals surface area (Å²) in [4.78, 5) is 1.62. The lowest BCUT2D eigenvalue weighted by Crippen LogP contribution is -2.36. The van der Waals surface area contributed by atoms with Gasteiger partial charge in [-0.3, -0.25) is 0 Å². The van der Waals surface area contributed by atoms with Gasteiger partial charge in [0.25, 0.3) is 0 Å². The minimum absolute atomic E-state index is 0.0160. The normalized spacial score (nSPS) is 12.5. The number of hydrogen-bond donors (Lipinski definition) is 2. The highest BCUT2D eigenvalue weighted by molar-refractivity contribution is 4.61. The van der Waals surface area contributed by atoms with Crippen LogP contribution in [0.4, 0.5) is 13.2 Å². The Labute approximate surface area is 75.9 Å². The standard InChI is InChI=1S/C7H16F3N3/c8-7(9,10)1-4-13(5-2-11)6-3-12/h1-6,11-12H2. The molecular formula is C7H16F3N3. The van der Waals surface area contributed by atoms with E-state index in [0.29, 0.717) is 26.2 Å². The number of alkyl halides is 3. The maximum Gasteiger partial charge on any atom is 0.390 e. The zero-order chi connectivity index (χ0) is 10.3. The maximum absolute atomic E-state index is 11.8. The molecule has 6 heteroatoms. The van der Waals surface area contributed by atoms with Gasteiger partial charge in [0.1, 0.15) is 0 Å². The molecule has 0 radical (unpaired) electrons. The Kier molecular flexibility index (Phi) is 6.02. The Morgan fingerprint density at radius 3 is 1.69 bits per heavy atom. The van der Waals surface area contributed by atoms with Crippen molar-refractivity contribution in [3.8, 4) is 0 Å². The van der Waals surface area contributed by atoms with Crippen LogP contribution in [-0.2, 0) is 0 Å². The van der Waals surface area contributed by atoms with Crippen molar-refractivity contribution in [1.82, 2.24) is 4.90 Å². The Morgan fingerprint density at radius 2 is 1.38 bits per heavy atom. The highest BCUT2D eigenvalue weighted by atomic mass is 19.4. The third kappa shape index (κ3) is 8.01. The average molecular weight is 199 g/mol. The molecule has 0 aliphatic carbocycles. The summed E-state index contributed by atoms with van der Waals surface area (Å²) in [6.45, 7) is 1.63. The van der Waals surface area contributed by atoms with E-state index in [1.165, 1.54) is 0 Å². The first-order valence-corrected chi connectivity index (χ1v) is 4.19. The lowest BCUT2D eigenvalue weighted by atomic mass is 10.3. The van der Waals surface area contributed by atoms with Crippen molar-refractivity contribution in [2.24, 2.45) is 11.5 Å². The van der Waals surface area contributed by atoms with Gasteiger partial charge in [0, 0.05) is 32.7 Å². The van der Waals surface area contributed by atoms with Crippen LogP contribution in [-0.4, -0.2) is 43.8 Å². The summed E-state index contributed by atoms with van der Waals surface area (Å²) in [5.74, 6) is 0. The first-order chi connectivity index (χ1) is 5.99. The molecule has 0 aromatic heterocycles. The molecule has 0 aliphatic heterocycles. The van der Waals surface area contributed by atoms with Crippen LogP contribution in [0.5, 0.6) is 0 Å². The van der Waals surface area contributed by atoms with E-state index >= 15 is 0 Å². The van der Waals surface area contributed by atoms with Crippen LogP contribution in [0.3, 0.4) is 0 Å². The van der Waals surface area contributed by atoms with Crippen LogP contribution in [0.15, 0.2) is 0 Å². The minimum Gasteiger partial charge on any atom is -0.329 e. The van der Waals surface area contributed by atoms with Gasteiger partial charge < -0.3 is 16.4 Å². The molecule has 80 valence electrons. The summed E-state index contributed by atoms with van der Waals surface area (Å²) in [6, 6.07) is 0. The fraction of sp³-hybridized carbons (Fsp3) is 1.00. The number of nitrogens with zero attached hydrogens (tertiary/aromatic N) is 1. The summed E-state index contributed by atoms with van der Waals surface area (Å²) in [5.41, 5.74) is 10.5. The topological polar surface area (TPSA) is 55.3 Å². The van der Waals surface area contributed by atoms with E-state index in [9.17, 15) is 13.2 Å². The van der Waals surface area contributed by atoms with Gasteiger partial charge in [0.05, 0.1) is 6.42 Å². The zero-order valence-electron chi connectivity index (χ0n) is 7.48. The number of nitrogens with two attached hydrogens (primary N) is 2. The van der Waals surface area contributed by atoms with Gasteiger partial charge in [-0.25, -0.2) is 0 Å². The third-order valence-corrected chi connectivity index (χ3v) is 1.60. The molecule has 0 aliphatic rings. The van der Waals surface area contributed by atoms with Crippen molar-refractivity contribution in [2.45, 2.75) is 12.6 Å². The fourth-order valence-corrected chi connectivity index (χ4v) is 0.985. The molecule has 0 saturated carbocycles. The average Bonchev–Trinajstić information content (AvgIpc) is 2.00. The number of rotatable bonds is 6. The van der Waals surface area contributed by atoms with Gasteiger partial charge in [-0.05, 0) is 0 Å². The summed E-state index contributed by atoms with van der Waals surface area (Å²) in [5, 5.41) is 0. The van der Waals surface area contributed by atoms with E-state index in [0.717, 1.165) is 0 Å². The van der Waals surface area contributed by atoms with Crippen LogP contribution >= 0.6 is 0 Å². The van der Waals surface area contributed by atoms with Crippen molar-refractivity contribution in [3.05, 3.63) is 0 Å². The minimum atomic E-state index is -4.10. The summed E-state index contributed by atoms with van der Waals surface area (Å²) < 4.78 is 35.4. The summed E-state index contributed by atoms with van der Waals surface area (Å²) in [7, 11) is 0. The molecule has 0 saturated heterocycles. The molecule has 4 N–H and O–H groups in total. The van der Waals surface area contributed by atoms with E-state index in [1.807, 2.05) is 0 Å². The van der Waals surface area contributed by atoms with Crippen LogP contribution < -0.4 is 11.5 Å². The molecule has 0 unspecified atom stereocenters. The van der Waals surface area contributed by atoms with Gasteiger partial charge >= 0.3 is 6.18 Å². The van der Waals surface area contributed by atoms with E-state index in [4.69, 9.17) is 11.5 Å². The first-order valence-electron chi connectivity index (χ1n) is 4.19. The summed E-state index contributed by atoms with van der Waals surface area (Å²) in [6.07, 6.45) is -4.89. The van der Waals surface area contributed by atoms with Crippen LogP contribution in [0.2, 0.25) is 0 Å². The molecule has 13 heavy (non-hydrogen) atoms. The first kappa shape index (κ1) is 12.7. The smallest absolute Gasteiger partial charge is 0.329 e. The Hall–Kier alpha value is -0.330. The molecule has 0 fully saturated rings. The van der Waals surface area contributed by atoms with Crippen molar-refractivity contribution in [2.75, 3.05) is 32.7 Å². The molecule has 0 spiro atoms. The van der Waals surface area contributed by atoms with Gasteiger partial charge in [-0.2, -0.15) is 13.2 Å². The van der Waals surface area contributed by atoms with Crippen LogP contribution in [0, 0.1) is 0 Å². The predicted octanol–water partition coefficient (Wildman–Crippen LogP) is 0.158. The van der Waals surface area contributed by atoms with Gasteiger partial charge in [0.15, 0.2) is 0 Å². The Morgan fingerprint density at radius 1 is 0.923 bits per heavy atom. The second-order valence-electron chi connectivity index (χ2n) is 2.78. The zero-order valence-corrected chi connectivity index (χ0v) is 7.48. The second kappa shape index (κ2) is 6.17. The lowest BCUT2D eigenvalue weighted by molar-refractivity contribution is -0.137. The molecule has 3 nitrogen and oxygen atoms in total. The van der Waals surface area contributed by atoms with E-state index in [-0.39, 0.29) is 6.54 Å². The monoisotopic (exact) mass is 199 g/mol.